The third-order valence-electron chi connectivity index (χ3n) is 4.60. The van der Waals surface area contributed by atoms with Crippen molar-refractivity contribution in [2.75, 3.05) is 5.32 Å². The number of benzene rings is 3. The summed E-state index contributed by atoms with van der Waals surface area (Å²) in [5.41, 5.74) is 2.17. The van der Waals surface area contributed by atoms with E-state index < -0.39 is 15.3 Å². The number of primary sulfonamides is 1. The Bertz CT molecular complexity index is 1330. The lowest BCUT2D eigenvalue weighted by Crippen LogP contribution is -2.19. The maximum Gasteiger partial charge on any atom is 0.242 e. The van der Waals surface area contributed by atoms with E-state index in [0.717, 1.165) is 21.5 Å². The van der Waals surface area contributed by atoms with E-state index in [2.05, 4.69) is 10.3 Å². The average molecular weight is 450 g/mol. The largest absolute Gasteiger partial charge is 0.325 e. The second kappa shape index (κ2) is 8.89. The van der Waals surface area contributed by atoms with Crippen LogP contribution in [-0.4, -0.2) is 19.3 Å². The van der Waals surface area contributed by atoms with Crippen LogP contribution in [-0.2, 0) is 14.8 Å². The number of carbonyl (C=O) groups is 1. The number of carbonyl (C=O) groups excluding carboxylic acids is 1. The van der Waals surface area contributed by atoms with Gasteiger partial charge in [-0.05, 0) is 42.0 Å². The Hall–Kier alpha value is -3.20. The quantitative estimate of drug-likeness (QED) is 0.426. The lowest BCUT2D eigenvalue weighted by molar-refractivity contribution is -0.115. The van der Waals surface area contributed by atoms with Crippen molar-refractivity contribution in [2.45, 2.75) is 15.2 Å². The highest BCUT2D eigenvalue weighted by atomic mass is 32.2. The number of nitrogens with two attached hydrogens (primary N) is 1. The highest BCUT2D eigenvalue weighted by molar-refractivity contribution is 8.00. The molecular weight excluding hydrogens is 430 g/mol. The van der Waals surface area contributed by atoms with Gasteiger partial charge in [-0.15, -0.1) is 0 Å². The van der Waals surface area contributed by atoms with Crippen molar-refractivity contribution in [1.82, 2.24) is 4.98 Å². The number of thioether (sulfide) groups is 1. The number of fused-ring (bicyclic) bond motifs is 1. The summed E-state index contributed by atoms with van der Waals surface area (Å²) in [6.07, 6.45) is 0. The molecule has 1 heterocycles. The summed E-state index contributed by atoms with van der Waals surface area (Å²) in [5.74, 6) is -0.241. The van der Waals surface area contributed by atoms with Crippen LogP contribution in [0.5, 0.6) is 0 Å². The zero-order chi connectivity index (χ0) is 21.8. The Morgan fingerprint density at radius 3 is 2.26 bits per heavy atom. The number of amides is 1. The summed E-state index contributed by atoms with van der Waals surface area (Å²) in [7, 11) is -3.79. The predicted octanol–water partition coefficient (Wildman–Crippen LogP) is 4.35. The molecule has 3 N–H and O–H groups in total. The van der Waals surface area contributed by atoms with Gasteiger partial charge in [0.1, 0.15) is 5.25 Å². The highest BCUT2D eigenvalue weighted by Gasteiger charge is 2.23. The fourth-order valence-corrected chi connectivity index (χ4v) is 4.58. The first-order chi connectivity index (χ1) is 14.9. The number of nitrogens with one attached hydrogen (secondary N) is 1. The van der Waals surface area contributed by atoms with Crippen molar-refractivity contribution in [1.29, 1.82) is 0 Å². The summed E-state index contributed by atoms with van der Waals surface area (Å²) < 4.78 is 22.9. The third-order valence-corrected chi connectivity index (χ3v) is 6.72. The van der Waals surface area contributed by atoms with Crippen LogP contribution < -0.4 is 10.5 Å². The normalized spacial score (nSPS) is 12.4. The molecule has 0 spiro atoms. The molecule has 4 aromatic rings. The molecule has 0 fully saturated rings. The van der Waals surface area contributed by atoms with Gasteiger partial charge in [0, 0.05) is 11.1 Å². The van der Waals surface area contributed by atoms with E-state index in [0.29, 0.717) is 5.69 Å². The van der Waals surface area contributed by atoms with Crippen molar-refractivity contribution in [2.24, 2.45) is 5.14 Å². The maximum absolute atomic E-state index is 13.2. The van der Waals surface area contributed by atoms with Gasteiger partial charge in [-0.25, -0.2) is 18.5 Å². The molecule has 4 rings (SSSR count). The minimum Gasteiger partial charge on any atom is -0.325 e. The number of para-hydroxylation sites is 1. The molecule has 31 heavy (non-hydrogen) atoms. The van der Waals surface area contributed by atoms with Crippen molar-refractivity contribution in [3.05, 3.63) is 96.6 Å². The summed E-state index contributed by atoms with van der Waals surface area (Å²) in [6.45, 7) is 0. The van der Waals surface area contributed by atoms with Gasteiger partial charge in [0.2, 0.25) is 15.9 Å². The molecule has 8 heteroatoms. The van der Waals surface area contributed by atoms with Crippen LogP contribution >= 0.6 is 11.8 Å². The van der Waals surface area contributed by atoms with Gasteiger partial charge >= 0.3 is 0 Å². The van der Waals surface area contributed by atoms with Crippen molar-refractivity contribution < 1.29 is 13.2 Å². The number of hydrogen-bond donors (Lipinski definition) is 2. The monoisotopic (exact) mass is 449 g/mol. The third kappa shape index (κ3) is 5.11. The van der Waals surface area contributed by atoms with Crippen LogP contribution in [0.15, 0.2) is 101 Å². The number of hydrogen-bond acceptors (Lipinski definition) is 5. The molecule has 6 nitrogen and oxygen atoms in total. The number of anilines is 1. The maximum atomic E-state index is 13.2. The van der Waals surface area contributed by atoms with E-state index in [1.54, 1.807) is 0 Å². The van der Waals surface area contributed by atoms with E-state index in [4.69, 9.17) is 5.14 Å². The number of aromatic nitrogens is 1. The smallest absolute Gasteiger partial charge is 0.242 e. The molecular formula is C23H19N3O3S2. The Labute approximate surface area is 184 Å². The van der Waals surface area contributed by atoms with Gasteiger partial charge < -0.3 is 5.32 Å². The molecule has 1 amide bonds. The summed E-state index contributed by atoms with van der Waals surface area (Å²) in [5, 5.41) is 9.20. The fourth-order valence-electron chi connectivity index (χ4n) is 3.07. The Balaban J connectivity index is 1.60. The lowest BCUT2D eigenvalue weighted by atomic mass is 10.1. The summed E-state index contributed by atoms with van der Waals surface area (Å²) in [4.78, 5) is 17.8. The molecule has 1 unspecified atom stereocenters. The highest BCUT2D eigenvalue weighted by Crippen LogP contribution is 2.36. The molecule has 0 bridgehead atoms. The van der Waals surface area contributed by atoms with Gasteiger partial charge in [0.15, 0.2) is 0 Å². The van der Waals surface area contributed by atoms with E-state index in [-0.39, 0.29) is 10.8 Å². The summed E-state index contributed by atoms with van der Waals surface area (Å²) >= 11 is 1.35. The van der Waals surface area contributed by atoms with E-state index in [1.807, 2.05) is 66.7 Å². The first kappa shape index (κ1) is 21.0. The van der Waals surface area contributed by atoms with Crippen LogP contribution in [0.3, 0.4) is 0 Å². The van der Waals surface area contributed by atoms with Gasteiger partial charge in [-0.3, -0.25) is 4.79 Å². The van der Waals surface area contributed by atoms with E-state index in [9.17, 15) is 13.2 Å². The van der Waals surface area contributed by atoms with E-state index >= 15 is 0 Å². The standard InChI is InChI=1S/C23H19N3O3S2/c24-31(28,29)19-13-11-18(12-14-19)25-23(27)22(17-7-2-1-3-8-17)30-21-15-10-16-6-4-5-9-20(16)26-21/h1-15,22H,(H,25,27)(H2,24,28,29). The van der Waals surface area contributed by atoms with Crippen LogP contribution in [0.2, 0.25) is 0 Å². The fraction of sp³-hybridized carbons (Fsp3) is 0.0435. The van der Waals surface area contributed by atoms with Gasteiger partial charge in [-0.2, -0.15) is 0 Å². The van der Waals surface area contributed by atoms with E-state index in [1.165, 1.54) is 36.0 Å². The number of pyridine rings is 1. The minimum atomic E-state index is -3.79. The first-order valence-electron chi connectivity index (χ1n) is 9.41. The first-order valence-corrected chi connectivity index (χ1v) is 11.8. The van der Waals surface area contributed by atoms with Crippen molar-refractivity contribution in [3.8, 4) is 0 Å². The zero-order valence-corrected chi connectivity index (χ0v) is 17.9. The van der Waals surface area contributed by atoms with Crippen LogP contribution in [0.4, 0.5) is 5.69 Å². The SMILES string of the molecule is NS(=O)(=O)c1ccc(NC(=O)C(Sc2ccc3ccccc3n2)c2ccccc2)cc1. The Morgan fingerprint density at radius 2 is 1.55 bits per heavy atom. The Kier molecular flexibility index (Phi) is 6.03. The molecule has 1 atom stereocenters. The van der Waals surface area contributed by atoms with Crippen LogP contribution in [0, 0.1) is 0 Å². The molecule has 3 aromatic carbocycles. The van der Waals surface area contributed by atoms with Crippen molar-refractivity contribution >= 4 is 44.3 Å². The molecule has 0 radical (unpaired) electrons. The molecule has 0 aliphatic heterocycles. The van der Waals surface area contributed by atoms with Gasteiger partial charge in [-0.1, -0.05) is 66.4 Å². The lowest BCUT2D eigenvalue weighted by Gasteiger charge is -2.17. The average Bonchev–Trinajstić information content (AvgIpc) is 2.77. The topological polar surface area (TPSA) is 102 Å². The summed E-state index contributed by atoms with van der Waals surface area (Å²) in [6, 6.07) is 26.9. The molecule has 0 aliphatic carbocycles. The molecule has 0 aliphatic rings. The minimum absolute atomic E-state index is 0.0140. The number of nitrogens with zero attached hydrogens (tertiary/aromatic N) is 1. The van der Waals surface area contributed by atoms with Crippen molar-refractivity contribution in [3.63, 3.8) is 0 Å². The van der Waals surface area contributed by atoms with Crippen LogP contribution in [0.1, 0.15) is 10.8 Å². The van der Waals surface area contributed by atoms with Crippen LogP contribution in [0.25, 0.3) is 10.9 Å². The molecule has 156 valence electrons. The number of rotatable bonds is 6. The zero-order valence-electron chi connectivity index (χ0n) is 16.3. The number of sulfonamides is 1. The molecule has 0 saturated heterocycles. The molecule has 0 saturated carbocycles. The van der Waals surface area contributed by atoms with Gasteiger partial charge in [0.05, 0.1) is 15.4 Å². The van der Waals surface area contributed by atoms with Gasteiger partial charge in [0.25, 0.3) is 0 Å². The molecule has 1 aromatic heterocycles. The second-order valence-electron chi connectivity index (χ2n) is 6.81. The predicted molar refractivity (Wildman–Crippen MR) is 123 cm³/mol. The Morgan fingerprint density at radius 1 is 0.871 bits per heavy atom. The second-order valence-corrected chi connectivity index (χ2v) is 9.50.